The standard InChI is InChI=1S/C18H23N3O4/c22-16(19-11-13-6-8-25-9-7-13)10-15-17(23)21(18(24)20-15)12-14-4-2-1-3-5-14/h1-5,13,15H,6-12H2,(H,19,22)(H,20,24). The lowest BCUT2D eigenvalue weighted by Gasteiger charge is -2.22. The van der Waals surface area contributed by atoms with Crippen molar-refractivity contribution in [1.82, 2.24) is 15.5 Å². The number of imide groups is 1. The fraction of sp³-hybridized carbons (Fsp3) is 0.500. The van der Waals surface area contributed by atoms with E-state index in [1.165, 1.54) is 0 Å². The van der Waals surface area contributed by atoms with E-state index in [9.17, 15) is 14.4 Å². The monoisotopic (exact) mass is 345 g/mol. The fourth-order valence-electron chi connectivity index (χ4n) is 3.10. The number of ether oxygens (including phenoxy) is 1. The Hall–Kier alpha value is -2.41. The summed E-state index contributed by atoms with van der Waals surface area (Å²) in [5, 5.41) is 5.46. The Morgan fingerprint density at radius 2 is 1.92 bits per heavy atom. The number of benzene rings is 1. The van der Waals surface area contributed by atoms with Gasteiger partial charge < -0.3 is 15.4 Å². The summed E-state index contributed by atoms with van der Waals surface area (Å²) in [5.74, 6) is -0.150. The molecule has 7 heteroatoms. The quantitative estimate of drug-likeness (QED) is 0.754. The third-order valence-corrected chi connectivity index (χ3v) is 4.61. The van der Waals surface area contributed by atoms with Gasteiger partial charge in [-0.1, -0.05) is 30.3 Å². The molecule has 0 aliphatic carbocycles. The Morgan fingerprint density at radius 3 is 2.64 bits per heavy atom. The van der Waals surface area contributed by atoms with Gasteiger partial charge in [0.2, 0.25) is 5.91 Å². The van der Waals surface area contributed by atoms with Crippen LogP contribution in [0.1, 0.15) is 24.8 Å². The maximum absolute atomic E-state index is 12.4. The zero-order valence-electron chi connectivity index (χ0n) is 14.1. The number of carbonyl (C=O) groups excluding carboxylic acids is 3. The van der Waals surface area contributed by atoms with E-state index in [0.717, 1.165) is 36.5 Å². The Labute approximate surface area is 146 Å². The molecule has 2 heterocycles. The van der Waals surface area contributed by atoms with Gasteiger partial charge in [-0.15, -0.1) is 0 Å². The topological polar surface area (TPSA) is 87.7 Å². The molecule has 4 amide bonds. The number of hydrogen-bond donors (Lipinski definition) is 2. The molecule has 0 radical (unpaired) electrons. The molecule has 25 heavy (non-hydrogen) atoms. The summed E-state index contributed by atoms with van der Waals surface area (Å²) in [4.78, 5) is 37.7. The minimum Gasteiger partial charge on any atom is -0.381 e. The molecule has 0 spiro atoms. The van der Waals surface area contributed by atoms with Crippen LogP contribution in [0.5, 0.6) is 0 Å². The molecule has 2 fully saturated rings. The van der Waals surface area contributed by atoms with E-state index >= 15 is 0 Å². The van der Waals surface area contributed by atoms with E-state index < -0.39 is 12.1 Å². The average Bonchev–Trinajstić information content (AvgIpc) is 2.89. The second kappa shape index (κ2) is 8.11. The van der Waals surface area contributed by atoms with Crippen molar-refractivity contribution < 1.29 is 19.1 Å². The highest BCUT2D eigenvalue weighted by Gasteiger charge is 2.38. The smallest absolute Gasteiger partial charge is 0.325 e. The average molecular weight is 345 g/mol. The maximum atomic E-state index is 12.4. The normalized spacial score (nSPS) is 21.3. The van der Waals surface area contributed by atoms with Gasteiger partial charge in [0.15, 0.2) is 0 Å². The Morgan fingerprint density at radius 1 is 1.20 bits per heavy atom. The van der Waals surface area contributed by atoms with Crippen LogP contribution in [-0.4, -0.2) is 48.5 Å². The lowest BCUT2D eigenvalue weighted by Crippen LogP contribution is -2.38. The molecule has 1 aromatic rings. The maximum Gasteiger partial charge on any atom is 0.325 e. The summed E-state index contributed by atoms with van der Waals surface area (Å²) >= 11 is 0. The summed E-state index contributed by atoms with van der Waals surface area (Å²) in [7, 11) is 0. The summed E-state index contributed by atoms with van der Waals surface area (Å²) in [6.45, 7) is 2.26. The van der Waals surface area contributed by atoms with Crippen molar-refractivity contribution in [3.8, 4) is 0 Å². The molecule has 2 saturated heterocycles. The molecule has 7 nitrogen and oxygen atoms in total. The number of nitrogens with one attached hydrogen (secondary N) is 2. The van der Waals surface area contributed by atoms with Crippen LogP contribution >= 0.6 is 0 Å². The van der Waals surface area contributed by atoms with Gasteiger partial charge in [-0.05, 0) is 24.3 Å². The minimum atomic E-state index is -0.786. The molecule has 1 atom stereocenters. The SMILES string of the molecule is O=C(CC1NC(=O)N(Cc2ccccc2)C1=O)NCC1CCOCC1. The van der Waals surface area contributed by atoms with Gasteiger partial charge in [0.1, 0.15) is 6.04 Å². The molecule has 0 aromatic heterocycles. The first-order valence-corrected chi connectivity index (χ1v) is 8.63. The second-order valence-electron chi connectivity index (χ2n) is 6.48. The lowest BCUT2D eigenvalue weighted by molar-refractivity contribution is -0.131. The Balaban J connectivity index is 1.48. The van der Waals surface area contributed by atoms with Crippen LogP contribution in [-0.2, 0) is 20.9 Å². The first kappa shape index (κ1) is 17.4. The van der Waals surface area contributed by atoms with Gasteiger partial charge in [-0.2, -0.15) is 0 Å². The van der Waals surface area contributed by atoms with Crippen LogP contribution in [0.3, 0.4) is 0 Å². The van der Waals surface area contributed by atoms with Crippen molar-refractivity contribution >= 4 is 17.8 Å². The van der Waals surface area contributed by atoms with Gasteiger partial charge in [0.25, 0.3) is 5.91 Å². The summed E-state index contributed by atoms with van der Waals surface area (Å²) in [6.07, 6.45) is 1.84. The number of hydrogen-bond acceptors (Lipinski definition) is 4. The number of urea groups is 1. The largest absolute Gasteiger partial charge is 0.381 e. The Bertz CT molecular complexity index is 628. The van der Waals surface area contributed by atoms with E-state index in [-0.39, 0.29) is 24.8 Å². The fourth-order valence-corrected chi connectivity index (χ4v) is 3.10. The van der Waals surface area contributed by atoms with Crippen LogP contribution in [0.15, 0.2) is 30.3 Å². The second-order valence-corrected chi connectivity index (χ2v) is 6.48. The van der Waals surface area contributed by atoms with Crippen molar-refractivity contribution in [1.29, 1.82) is 0 Å². The van der Waals surface area contributed by atoms with Crippen molar-refractivity contribution in [2.24, 2.45) is 5.92 Å². The lowest BCUT2D eigenvalue weighted by atomic mass is 10.0. The number of amides is 4. The van der Waals surface area contributed by atoms with E-state index in [0.29, 0.717) is 12.5 Å². The molecule has 1 unspecified atom stereocenters. The molecule has 2 aliphatic rings. The molecule has 2 N–H and O–H groups in total. The first-order valence-electron chi connectivity index (χ1n) is 8.63. The van der Waals surface area contributed by atoms with Crippen molar-refractivity contribution in [2.45, 2.75) is 31.8 Å². The van der Waals surface area contributed by atoms with Crippen LogP contribution in [0.25, 0.3) is 0 Å². The van der Waals surface area contributed by atoms with E-state index in [1.807, 2.05) is 30.3 Å². The summed E-state index contributed by atoms with van der Waals surface area (Å²) < 4.78 is 5.29. The molecule has 2 aliphatic heterocycles. The number of nitrogens with zero attached hydrogens (tertiary/aromatic N) is 1. The van der Waals surface area contributed by atoms with Crippen LogP contribution in [0, 0.1) is 5.92 Å². The third kappa shape index (κ3) is 4.57. The van der Waals surface area contributed by atoms with Gasteiger partial charge in [0.05, 0.1) is 13.0 Å². The van der Waals surface area contributed by atoms with Gasteiger partial charge in [0, 0.05) is 19.8 Å². The van der Waals surface area contributed by atoms with E-state index in [2.05, 4.69) is 10.6 Å². The van der Waals surface area contributed by atoms with Crippen molar-refractivity contribution in [3.63, 3.8) is 0 Å². The van der Waals surface area contributed by atoms with Gasteiger partial charge >= 0.3 is 6.03 Å². The molecule has 134 valence electrons. The summed E-state index contributed by atoms with van der Waals surface area (Å²) in [6, 6.07) is 8.07. The highest BCUT2D eigenvalue weighted by Crippen LogP contribution is 2.15. The minimum absolute atomic E-state index is 0.0287. The zero-order chi connectivity index (χ0) is 17.6. The van der Waals surface area contributed by atoms with Crippen molar-refractivity contribution in [2.75, 3.05) is 19.8 Å². The Kier molecular flexibility index (Phi) is 5.65. The highest BCUT2D eigenvalue weighted by molar-refractivity contribution is 6.05. The molecule has 1 aromatic carbocycles. The number of rotatable bonds is 6. The number of carbonyl (C=O) groups is 3. The zero-order valence-corrected chi connectivity index (χ0v) is 14.1. The van der Waals surface area contributed by atoms with Crippen LogP contribution in [0.2, 0.25) is 0 Å². The molecule has 0 saturated carbocycles. The van der Waals surface area contributed by atoms with Crippen molar-refractivity contribution in [3.05, 3.63) is 35.9 Å². The van der Waals surface area contributed by atoms with Crippen LogP contribution in [0.4, 0.5) is 4.79 Å². The molecule has 0 bridgehead atoms. The highest BCUT2D eigenvalue weighted by atomic mass is 16.5. The molecular formula is C18H23N3O4. The predicted octanol–water partition coefficient (Wildman–Crippen LogP) is 1.04. The molecule has 3 rings (SSSR count). The van der Waals surface area contributed by atoms with Crippen LogP contribution < -0.4 is 10.6 Å². The van der Waals surface area contributed by atoms with E-state index in [4.69, 9.17) is 4.74 Å². The summed E-state index contributed by atoms with van der Waals surface area (Å²) in [5.41, 5.74) is 0.871. The molecular weight excluding hydrogens is 322 g/mol. The third-order valence-electron chi connectivity index (χ3n) is 4.61. The van der Waals surface area contributed by atoms with E-state index in [1.54, 1.807) is 0 Å². The predicted molar refractivity (Wildman–Crippen MR) is 90.5 cm³/mol. The first-order chi connectivity index (χ1) is 12.1. The van der Waals surface area contributed by atoms with Gasteiger partial charge in [-0.3, -0.25) is 14.5 Å². The van der Waals surface area contributed by atoms with Gasteiger partial charge in [-0.25, -0.2) is 4.79 Å².